The third kappa shape index (κ3) is 3.21. The molecule has 1 saturated heterocycles. The lowest BCUT2D eigenvalue weighted by Crippen LogP contribution is -2.35. The Morgan fingerprint density at radius 2 is 1.88 bits per heavy atom. The summed E-state index contributed by atoms with van der Waals surface area (Å²) in [6, 6.07) is 0.632. The van der Waals surface area contributed by atoms with Gasteiger partial charge in [0, 0.05) is 6.04 Å². The quantitative estimate of drug-likeness (QED) is 0.766. The van der Waals surface area contributed by atoms with Crippen LogP contribution < -0.4 is 10.6 Å². The lowest BCUT2D eigenvalue weighted by atomic mass is 9.75. The molecule has 0 aromatic rings. The van der Waals surface area contributed by atoms with Gasteiger partial charge in [-0.05, 0) is 37.4 Å². The molecular formula is C14H28N2. The van der Waals surface area contributed by atoms with Gasteiger partial charge in [0.15, 0.2) is 0 Å². The molecule has 0 aromatic heterocycles. The Bertz CT molecular complexity index is 197. The van der Waals surface area contributed by atoms with Crippen LogP contribution in [0, 0.1) is 17.8 Å². The van der Waals surface area contributed by atoms with Crippen LogP contribution in [0.4, 0.5) is 0 Å². The SMILES string of the molecule is CC(C)NCC1CNCC1C1CCCCC1. The van der Waals surface area contributed by atoms with E-state index in [4.69, 9.17) is 0 Å². The minimum atomic E-state index is 0.632. The van der Waals surface area contributed by atoms with E-state index in [9.17, 15) is 0 Å². The summed E-state index contributed by atoms with van der Waals surface area (Å²) in [5, 5.41) is 7.22. The van der Waals surface area contributed by atoms with E-state index < -0.39 is 0 Å². The standard InChI is InChI=1S/C14H28N2/c1-11(2)16-9-13-8-15-10-14(13)12-6-4-3-5-7-12/h11-16H,3-10H2,1-2H3. The molecule has 0 bridgehead atoms. The van der Waals surface area contributed by atoms with Gasteiger partial charge in [-0.15, -0.1) is 0 Å². The molecule has 0 spiro atoms. The lowest BCUT2D eigenvalue weighted by molar-refractivity contribution is 0.212. The van der Waals surface area contributed by atoms with Crippen LogP contribution in [-0.4, -0.2) is 25.7 Å². The van der Waals surface area contributed by atoms with Gasteiger partial charge in [0.1, 0.15) is 0 Å². The van der Waals surface area contributed by atoms with Crippen LogP contribution in [0.2, 0.25) is 0 Å². The van der Waals surface area contributed by atoms with E-state index in [1.54, 1.807) is 0 Å². The van der Waals surface area contributed by atoms with Crippen LogP contribution in [0.5, 0.6) is 0 Å². The van der Waals surface area contributed by atoms with Crippen molar-refractivity contribution in [1.82, 2.24) is 10.6 Å². The summed E-state index contributed by atoms with van der Waals surface area (Å²) in [5.74, 6) is 2.85. The molecule has 2 atom stereocenters. The minimum absolute atomic E-state index is 0.632. The minimum Gasteiger partial charge on any atom is -0.316 e. The van der Waals surface area contributed by atoms with Gasteiger partial charge >= 0.3 is 0 Å². The smallest absolute Gasteiger partial charge is 0.00105 e. The van der Waals surface area contributed by atoms with E-state index in [-0.39, 0.29) is 0 Å². The molecule has 1 aliphatic heterocycles. The molecule has 1 heterocycles. The first-order valence-electron chi connectivity index (χ1n) is 7.21. The van der Waals surface area contributed by atoms with E-state index in [1.165, 1.54) is 51.7 Å². The molecule has 94 valence electrons. The second-order valence-electron chi connectivity index (χ2n) is 6.04. The first kappa shape index (κ1) is 12.4. The van der Waals surface area contributed by atoms with E-state index in [2.05, 4.69) is 24.5 Å². The molecule has 0 aromatic carbocycles. The highest BCUT2D eigenvalue weighted by molar-refractivity contribution is 4.88. The van der Waals surface area contributed by atoms with Gasteiger partial charge in [-0.3, -0.25) is 0 Å². The average molecular weight is 224 g/mol. The van der Waals surface area contributed by atoms with E-state index in [0.29, 0.717) is 6.04 Å². The predicted octanol–water partition coefficient (Wildman–Crippen LogP) is 2.40. The monoisotopic (exact) mass is 224 g/mol. The molecule has 2 unspecified atom stereocenters. The van der Waals surface area contributed by atoms with Gasteiger partial charge in [0.25, 0.3) is 0 Å². The average Bonchev–Trinajstić information content (AvgIpc) is 2.75. The Balaban J connectivity index is 1.82. The van der Waals surface area contributed by atoms with Gasteiger partial charge in [-0.1, -0.05) is 46.0 Å². The summed E-state index contributed by atoms with van der Waals surface area (Å²) in [5.41, 5.74) is 0. The Kier molecular flexibility index (Phi) is 4.66. The first-order chi connectivity index (χ1) is 7.77. The number of hydrogen-bond acceptors (Lipinski definition) is 2. The van der Waals surface area contributed by atoms with Crippen LogP contribution in [-0.2, 0) is 0 Å². The molecule has 1 aliphatic carbocycles. The zero-order valence-electron chi connectivity index (χ0n) is 11.0. The maximum atomic E-state index is 3.62. The number of nitrogens with one attached hydrogen (secondary N) is 2. The molecule has 0 amide bonds. The van der Waals surface area contributed by atoms with Crippen molar-refractivity contribution in [3.05, 3.63) is 0 Å². The highest BCUT2D eigenvalue weighted by Gasteiger charge is 2.33. The van der Waals surface area contributed by atoms with Crippen LogP contribution in [0.1, 0.15) is 46.0 Å². The van der Waals surface area contributed by atoms with Gasteiger partial charge in [0.05, 0.1) is 0 Å². The first-order valence-corrected chi connectivity index (χ1v) is 7.21. The highest BCUT2D eigenvalue weighted by Crippen LogP contribution is 2.35. The van der Waals surface area contributed by atoms with E-state index in [1.807, 2.05) is 0 Å². The summed E-state index contributed by atoms with van der Waals surface area (Å²) in [7, 11) is 0. The third-order valence-corrected chi connectivity index (χ3v) is 4.44. The van der Waals surface area contributed by atoms with E-state index >= 15 is 0 Å². The van der Waals surface area contributed by atoms with Crippen molar-refractivity contribution < 1.29 is 0 Å². The molecule has 2 nitrogen and oxygen atoms in total. The van der Waals surface area contributed by atoms with Crippen molar-refractivity contribution >= 4 is 0 Å². The molecule has 2 N–H and O–H groups in total. The predicted molar refractivity (Wildman–Crippen MR) is 69.6 cm³/mol. The molecule has 2 heteroatoms. The zero-order chi connectivity index (χ0) is 11.4. The molecule has 2 aliphatic rings. The number of hydrogen-bond donors (Lipinski definition) is 2. The Labute approximate surface area is 101 Å². The molecule has 2 rings (SSSR count). The van der Waals surface area contributed by atoms with E-state index in [0.717, 1.165) is 17.8 Å². The van der Waals surface area contributed by atoms with Gasteiger partial charge in [-0.2, -0.15) is 0 Å². The molecule has 0 radical (unpaired) electrons. The van der Waals surface area contributed by atoms with Crippen LogP contribution >= 0.6 is 0 Å². The second-order valence-corrected chi connectivity index (χ2v) is 6.04. The van der Waals surface area contributed by atoms with Crippen LogP contribution in [0.3, 0.4) is 0 Å². The lowest BCUT2D eigenvalue weighted by Gasteiger charge is -2.31. The van der Waals surface area contributed by atoms with Crippen molar-refractivity contribution in [3.8, 4) is 0 Å². The Morgan fingerprint density at radius 1 is 1.12 bits per heavy atom. The summed E-state index contributed by atoms with van der Waals surface area (Å²) < 4.78 is 0. The van der Waals surface area contributed by atoms with Crippen molar-refractivity contribution in [3.63, 3.8) is 0 Å². The summed E-state index contributed by atoms with van der Waals surface area (Å²) in [6.45, 7) is 8.22. The third-order valence-electron chi connectivity index (χ3n) is 4.44. The van der Waals surface area contributed by atoms with Crippen LogP contribution in [0.15, 0.2) is 0 Å². The maximum absolute atomic E-state index is 3.62. The topological polar surface area (TPSA) is 24.1 Å². The number of rotatable bonds is 4. The molecule has 16 heavy (non-hydrogen) atoms. The summed E-state index contributed by atoms with van der Waals surface area (Å²) in [6.07, 6.45) is 7.41. The summed E-state index contributed by atoms with van der Waals surface area (Å²) >= 11 is 0. The fourth-order valence-corrected chi connectivity index (χ4v) is 3.48. The van der Waals surface area contributed by atoms with Crippen molar-refractivity contribution in [2.75, 3.05) is 19.6 Å². The van der Waals surface area contributed by atoms with Gasteiger partial charge in [0.2, 0.25) is 0 Å². The highest BCUT2D eigenvalue weighted by atomic mass is 15.0. The summed E-state index contributed by atoms with van der Waals surface area (Å²) in [4.78, 5) is 0. The Morgan fingerprint density at radius 3 is 2.56 bits per heavy atom. The van der Waals surface area contributed by atoms with Crippen molar-refractivity contribution in [1.29, 1.82) is 0 Å². The molecule has 2 fully saturated rings. The van der Waals surface area contributed by atoms with Gasteiger partial charge in [-0.25, -0.2) is 0 Å². The van der Waals surface area contributed by atoms with Crippen molar-refractivity contribution in [2.24, 2.45) is 17.8 Å². The normalized spacial score (nSPS) is 32.4. The molecule has 1 saturated carbocycles. The largest absolute Gasteiger partial charge is 0.316 e. The van der Waals surface area contributed by atoms with Crippen LogP contribution in [0.25, 0.3) is 0 Å². The zero-order valence-corrected chi connectivity index (χ0v) is 11.0. The fourth-order valence-electron chi connectivity index (χ4n) is 3.48. The Hall–Kier alpha value is -0.0800. The van der Waals surface area contributed by atoms with Crippen molar-refractivity contribution in [2.45, 2.75) is 52.0 Å². The second kappa shape index (κ2) is 6.02. The fraction of sp³-hybridized carbons (Fsp3) is 1.00. The maximum Gasteiger partial charge on any atom is 0.00105 e. The van der Waals surface area contributed by atoms with Gasteiger partial charge < -0.3 is 10.6 Å². The molecular weight excluding hydrogens is 196 g/mol.